The fraction of sp³-hybridized carbons (Fsp3) is 0.556. The largest absolute Gasteiger partial charge is 0.481 e. The standard InChI is InChI=1S/C9H10O3S/c10-8(11)6-4-1-2-5(3-4)7(6)9(12)13/h1-2,4-7H,3H2,(H,10,11)(H,12,13). The third kappa shape index (κ3) is 1.20. The highest BCUT2D eigenvalue weighted by Crippen LogP contribution is 2.48. The van der Waals surface area contributed by atoms with E-state index < -0.39 is 17.8 Å². The number of thiol groups is 1. The Labute approximate surface area is 81.2 Å². The Morgan fingerprint density at radius 1 is 1.23 bits per heavy atom. The van der Waals surface area contributed by atoms with Crippen LogP contribution in [0.15, 0.2) is 12.2 Å². The summed E-state index contributed by atoms with van der Waals surface area (Å²) in [7, 11) is 0. The van der Waals surface area contributed by atoms with Gasteiger partial charge in [0.25, 0.3) is 0 Å². The van der Waals surface area contributed by atoms with Crippen LogP contribution in [0.25, 0.3) is 0 Å². The van der Waals surface area contributed by atoms with Gasteiger partial charge in [-0.05, 0) is 18.3 Å². The molecule has 1 N–H and O–H groups in total. The molecule has 0 saturated heterocycles. The first-order valence-corrected chi connectivity index (χ1v) is 4.70. The quantitative estimate of drug-likeness (QED) is 0.513. The lowest BCUT2D eigenvalue weighted by molar-refractivity contribution is -0.146. The van der Waals surface area contributed by atoms with Gasteiger partial charge in [0.15, 0.2) is 5.12 Å². The zero-order valence-corrected chi connectivity index (χ0v) is 7.78. The molecule has 4 heteroatoms. The molecule has 2 aliphatic rings. The van der Waals surface area contributed by atoms with Gasteiger partial charge in [-0.3, -0.25) is 9.59 Å². The summed E-state index contributed by atoms with van der Waals surface area (Å²) >= 11 is 3.74. The van der Waals surface area contributed by atoms with Crippen molar-refractivity contribution < 1.29 is 14.7 Å². The van der Waals surface area contributed by atoms with E-state index in [2.05, 4.69) is 12.6 Å². The summed E-state index contributed by atoms with van der Waals surface area (Å²) in [6.07, 6.45) is 4.66. The van der Waals surface area contributed by atoms with E-state index in [0.717, 1.165) is 6.42 Å². The third-order valence-electron chi connectivity index (χ3n) is 3.03. The topological polar surface area (TPSA) is 54.4 Å². The molecule has 0 aromatic heterocycles. The lowest BCUT2D eigenvalue weighted by Crippen LogP contribution is -2.30. The van der Waals surface area contributed by atoms with Crippen molar-refractivity contribution in [3.63, 3.8) is 0 Å². The lowest BCUT2D eigenvalue weighted by Gasteiger charge is -2.21. The fourth-order valence-corrected chi connectivity index (χ4v) is 2.85. The van der Waals surface area contributed by atoms with E-state index in [0.29, 0.717) is 0 Å². The van der Waals surface area contributed by atoms with E-state index in [-0.39, 0.29) is 17.0 Å². The summed E-state index contributed by atoms with van der Waals surface area (Å²) in [5.41, 5.74) is 0. The average molecular weight is 198 g/mol. The maximum absolute atomic E-state index is 11.1. The van der Waals surface area contributed by atoms with Crippen LogP contribution in [0.5, 0.6) is 0 Å². The molecule has 0 aliphatic heterocycles. The van der Waals surface area contributed by atoms with E-state index in [1.54, 1.807) is 0 Å². The van der Waals surface area contributed by atoms with Crippen molar-refractivity contribution in [2.24, 2.45) is 23.7 Å². The molecule has 0 amide bonds. The van der Waals surface area contributed by atoms with Crippen molar-refractivity contribution in [1.29, 1.82) is 0 Å². The van der Waals surface area contributed by atoms with E-state index in [4.69, 9.17) is 5.11 Å². The van der Waals surface area contributed by atoms with Gasteiger partial charge in [0.1, 0.15) is 0 Å². The van der Waals surface area contributed by atoms with Gasteiger partial charge in [0.2, 0.25) is 0 Å². The molecule has 2 aliphatic carbocycles. The van der Waals surface area contributed by atoms with Gasteiger partial charge in [-0.2, -0.15) is 0 Å². The Morgan fingerprint density at radius 3 is 2.15 bits per heavy atom. The molecule has 4 atom stereocenters. The maximum atomic E-state index is 11.1. The highest BCUT2D eigenvalue weighted by Gasteiger charge is 2.50. The molecule has 0 aromatic rings. The summed E-state index contributed by atoms with van der Waals surface area (Å²) in [6.45, 7) is 0. The van der Waals surface area contributed by atoms with Crippen LogP contribution >= 0.6 is 12.6 Å². The predicted molar refractivity (Wildman–Crippen MR) is 49.3 cm³/mol. The number of allylic oxidation sites excluding steroid dienone is 2. The SMILES string of the molecule is O=C(O)C1C2C=CC(C2)C1C(=O)S. The second-order valence-corrected chi connectivity index (χ2v) is 4.12. The minimum Gasteiger partial charge on any atom is -0.481 e. The van der Waals surface area contributed by atoms with Crippen molar-refractivity contribution in [3.8, 4) is 0 Å². The van der Waals surface area contributed by atoms with Crippen molar-refractivity contribution in [2.45, 2.75) is 6.42 Å². The Balaban J connectivity index is 2.30. The molecule has 0 radical (unpaired) electrons. The molecule has 1 fully saturated rings. The Bertz CT molecular complexity index is 269. The number of carboxylic acid groups (broad SMARTS) is 1. The van der Waals surface area contributed by atoms with Crippen LogP contribution in [0, 0.1) is 23.7 Å². The number of hydrogen-bond acceptors (Lipinski definition) is 2. The monoisotopic (exact) mass is 198 g/mol. The highest BCUT2D eigenvalue weighted by molar-refractivity contribution is 7.96. The fourth-order valence-electron chi connectivity index (χ4n) is 2.50. The van der Waals surface area contributed by atoms with Gasteiger partial charge in [-0.15, -0.1) is 12.6 Å². The lowest BCUT2D eigenvalue weighted by atomic mass is 9.84. The van der Waals surface area contributed by atoms with E-state index in [9.17, 15) is 9.59 Å². The molecular weight excluding hydrogens is 188 g/mol. The van der Waals surface area contributed by atoms with Crippen LogP contribution < -0.4 is 0 Å². The van der Waals surface area contributed by atoms with Crippen LogP contribution in [0.1, 0.15) is 6.42 Å². The number of carboxylic acids is 1. The normalized spacial score (nSPS) is 41.0. The third-order valence-corrected chi connectivity index (χ3v) is 3.33. The van der Waals surface area contributed by atoms with Crippen LogP contribution in [0.2, 0.25) is 0 Å². The first kappa shape index (κ1) is 8.81. The summed E-state index contributed by atoms with van der Waals surface area (Å²) < 4.78 is 0. The van der Waals surface area contributed by atoms with Crippen LogP contribution in [-0.4, -0.2) is 16.2 Å². The number of rotatable bonds is 2. The van der Waals surface area contributed by atoms with Gasteiger partial charge in [-0.1, -0.05) is 12.2 Å². The number of aliphatic carboxylic acids is 1. The van der Waals surface area contributed by atoms with Gasteiger partial charge in [0.05, 0.1) is 5.92 Å². The smallest absolute Gasteiger partial charge is 0.307 e. The average Bonchev–Trinajstić information content (AvgIpc) is 2.60. The minimum absolute atomic E-state index is 0.0450. The zero-order valence-electron chi connectivity index (χ0n) is 6.88. The van der Waals surface area contributed by atoms with E-state index in [1.807, 2.05) is 12.2 Å². The first-order chi connectivity index (χ1) is 6.11. The number of fused-ring (bicyclic) bond motifs is 2. The molecule has 2 bridgehead atoms. The molecule has 13 heavy (non-hydrogen) atoms. The molecule has 0 heterocycles. The number of hydrogen-bond donors (Lipinski definition) is 2. The van der Waals surface area contributed by atoms with Gasteiger partial charge < -0.3 is 5.11 Å². The second kappa shape index (κ2) is 2.87. The molecule has 3 nitrogen and oxygen atoms in total. The number of carbonyl (C=O) groups is 2. The predicted octanol–water partition coefficient (Wildman–Crippen LogP) is 0.966. The Kier molecular flexibility index (Phi) is 1.95. The molecule has 4 unspecified atom stereocenters. The van der Waals surface area contributed by atoms with Crippen LogP contribution in [-0.2, 0) is 9.59 Å². The van der Waals surface area contributed by atoms with Gasteiger partial charge >= 0.3 is 5.97 Å². The molecular formula is C9H10O3S. The summed E-state index contributed by atoms with van der Waals surface area (Å²) in [6, 6.07) is 0. The van der Waals surface area contributed by atoms with Gasteiger partial charge in [-0.25, -0.2) is 0 Å². The zero-order chi connectivity index (χ0) is 9.59. The van der Waals surface area contributed by atoms with E-state index >= 15 is 0 Å². The molecule has 0 aromatic carbocycles. The summed E-state index contributed by atoms with van der Waals surface area (Å²) in [4.78, 5) is 22.0. The number of carbonyl (C=O) groups excluding carboxylic acids is 1. The van der Waals surface area contributed by atoms with Crippen LogP contribution in [0.3, 0.4) is 0 Å². The molecule has 0 spiro atoms. The van der Waals surface area contributed by atoms with Crippen molar-refractivity contribution in [3.05, 3.63) is 12.2 Å². The Morgan fingerprint density at radius 2 is 1.77 bits per heavy atom. The Hall–Kier alpha value is -0.770. The summed E-state index contributed by atoms with van der Waals surface area (Å²) in [5, 5.41) is 8.65. The van der Waals surface area contributed by atoms with E-state index in [1.165, 1.54) is 0 Å². The first-order valence-electron chi connectivity index (χ1n) is 4.25. The van der Waals surface area contributed by atoms with Crippen molar-refractivity contribution in [2.75, 3.05) is 0 Å². The van der Waals surface area contributed by atoms with Crippen LogP contribution in [0.4, 0.5) is 0 Å². The van der Waals surface area contributed by atoms with Crippen molar-refractivity contribution >= 4 is 23.7 Å². The molecule has 70 valence electrons. The minimum atomic E-state index is -0.871. The molecule has 1 saturated carbocycles. The van der Waals surface area contributed by atoms with Gasteiger partial charge in [0, 0.05) is 5.92 Å². The molecule has 2 rings (SSSR count). The van der Waals surface area contributed by atoms with Crippen molar-refractivity contribution in [1.82, 2.24) is 0 Å². The maximum Gasteiger partial charge on any atom is 0.307 e. The summed E-state index contributed by atoms with van der Waals surface area (Å²) in [5.74, 6) is -1.67. The second-order valence-electron chi connectivity index (χ2n) is 3.68. The highest BCUT2D eigenvalue weighted by atomic mass is 32.1.